The molecule has 0 aliphatic heterocycles. The summed E-state index contributed by atoms with van der Waals surface area (Å²) < 4.78 is 0. The molecule has 13 heavy (non-hydrogen) atoms. The molecule has 2 aromatic rings. The van der Waals surface area contributed by atoms with Crippen molar-refractivity contribution in [1.29, 1.82) is 0 Å². The van der Waals surface area contributed by atoms with Crippen molar-refractivity contribution in [2.75, 3.05) is 0 Å². The summed E-state index contributed by atoms with van der Waals surface area (Å²) in [5.74, 6) is -0.115. The minimum atomic E-state index is -0.115. The number of phenols is 1. The lowest BCUT2D eigenvalue weighted by atomic mass is 10.2. The number of fused-ring (bicyclic) bond motifs is 1. The Morgan fingerprint density at radius 1 is 1.31 bits per heavy atom. The number of aromatic nitrogens is 1. The van der Waals surface area contributed by atoms with Crippen LogP contribution in [0.5, 0.6) is 5.75 Å². The van der Waals surface area contributed by atoms with Gasteiger partial charge in [0.05, 0.1) is 5.52 Å². The van der Waals surface area contributed by atoms with Crippen LogP contribution in [0.3, 0.4) is 0 Å². The fourth-order valence-corrected chi connectivity index (χ4v) is 1.22. The molecule has 2 rings (SSSR count). The van der Waals surface area contributed by atoms with E-state index in [-0.39, 0.29) is 11.4 Å². The smallest absolute Gasteiger partial charge is 0.158 e. The van der Waals surface area contributed by atoms with Gasteiger partial charge in [-0.25, -0.2) is 0 Å². The molecule has 4 heteroatoms. The highest BCUT2D eigenvalue weighted by atomic mass is 16.3. The average molecular weight is 174 g/mol. The number of hydrogen-bond acceptors (Lipinski definition) is 4. The van der Waals surface area contributed by atoms with Crippen molar-refractivity contribution in [2.45, 2.75) is 0 Å². The first kappa shape index (κ1) is 7.67. The maximum absolute atomic E-state index is 10.4. The van der Waals surface area contributed by atoms with E-state index in [4.69, 9.17) is 0 Å². The summed E-state index contributed by atoms with van der Waals surface area (Å²) in [5, 5.41) is 12.6. The van der Waals surface area contributed by atoms with Gasteiger partial charge in [-0.15, -0.1) is 4.91 Å². The summed E-state index contributed by atoms with van der Waals surface area (Å²) in [7, 11) is 0. The predicted octanol–water partition coefficient (Wildman–Crippen LogP) is 2.34. The second-order valence-electron chi connectivity index (χ2n) is 2.59. The lowest BCUT2D eigenvalue weighted by Crippen LogP contribution is -1.77. The highest BCUT2D eigenvalue weighted by molar-refractivity contribution is 5.92. The van der Waals surface area contributed by atoms with Gasteiger partial charge in [0.1, 0.15) is 5.75 Å². The summed E-state index contributed by atoms with van der Waals surface area (Å²) in [4.78, 5) is 14.4. The SMILES string of the molecule is O=Nc1c(O)ccc2ncccc12. The van der Waals surface area contributed by atoms with E-state index in [1.165, 1.54) is 6.07 Å². The summed E-state index contributed by atoms with van der Waals surface area (Å²) in [6.45, 7) is 0. The van der Waals surface area contributed by atoms with Crippen molar-refractivity contribution in [3.63, 3.8) is 0 Å². The molecule has 1 N–H and O–H groups in total. The van der Waals surface area contributed by atoms with Crippen molar-refractivity contribution in [3.05, 3.63) is 35.4 Å². The van der Waals surface area contributed by atoms with Crippen LogP contribution in [0.1, 0.15) is 0 Å². The molecular formula is C9H6N2O2. The van der Waals surface area contributed by atoms with Crippen molar-refractivity contribution in [2.24, 2.45) is 5.18 Å². The zero-order valence-corrected chi connectivity index (χ0v) is 6.64. The van der Waals surface area contributed by atoms with Crippen LogP contribution in [0.25, 0.3) is 10.9 Å². The number of hydrogen-bond donors (Lipinski definition) is 1. The van der Waals surface area contributed by atoms with Gasteiger partial charge in [-0.3, -0.25) is 4.98 Å². The van der Waals surface area contributed by atoms with Crippen LogP contribution >= 0.6 is 0 Å². The van der Waals surface area contributed by atoms with Gasteiger partial charge in [-0.1, -0.05) is 0 Å². The third-order valence-corrected chi connectivity index (χ3v) is 1.83. The highest BCUT2D eigenvalue weighted by Crippen LogP contribution is 2.33. The second-order valence-corrected chi connectivity index (χ2v) is 2.59. The monoisotopic (exact) mass is 174 g/mol. The first-order valence-corrected chi connectivity index (χ1v) is 3.73. The molecule has 0 unspecified atom stereocenters. The van der Waals surface area contributed by atoms with Crippen LogP contribution in [0.2, 0.25) is 0 Å². The maximum atomic E-state index is 10.4. The van der Waals surface area contributed by atoms with Gasteiger partial charge in [0.25, 0.3) is 0 Å². The Hall–Kier alpha value is -1.97. The number of pyridine rings is 1. The Balaban J connectivity index is 2.91. The highest BCUT2D eigenvalue weighted by Gasteiger charge is 2.06. The Labute approximate surface area is 73.8 Å². The maximum Gasteiger partial charge on any atom is 0.158 e. The Bertz CT molecular complexity index is 468. The van der Waals surface area contributed by atoms with Gasteiger partial charge in [-0.2, -0.15) is 0 Å². The average Bonchev–Trinajstić information content (AvgIpc) is 2.18. The normalized spacial score (nSPS) is 10.2. The molecule has 0 radical (unpaired) electrons. The van der Waals surface area contributed by atoms with Crippen LogP contribution < -0.4 is 0 Å². The summed E-state index contributed by atoms with van der Waals surface area (Å²) >= 11 is 0. The van der Waals surface area contributed by atoms with Gasteiger partial charge < -0.3 is 5.11 Å². The predicted molar refractivity (Wildman–Crippen MR) is 48.9 cm³/mol. The number of nitrogens with zero attached hydrogens (tertiary/aromatic N) is 2. The van der Waals surface area contributed by atoms with E-state index < -0.39 is 0 Å². The number of aromatic hydroxyl groups is 1. The zero-order valence-electron chi connectivity index (χ0n) is 6.64. The van der Waals surface area contributed by atoms with Crippen molar-refractivity contribution in [3.8, 4) is 5.75 Å². The first-order chi connectivity index (χ1) is 6.33. The Kier molecular flexibility index (Phi) is 1.66. The van der Waals surface area contributed by atoms with Gasteiger partial charge in [0, 0.05) is 11.6 Å². The number of phenolic OH excluding ortho intramolecular Hbond substituents is 1. The molecule has 0 aliphatic rings. The summed E-state index contributed by atoms with van der Waals surface area (Å²) in [6, 6.07) is 6.43. The zero-order chi connectivity index (χ0) is 9.26. The molecule has 0 spiro atoms. The van der Waals surface area contributed by atoms with E-state index in [1.54, 1.807) is 24.4 Å². The van der Waals surface area contributed by atoms with Gasteiger partial charge >= 0.3 is 0 Å². The van der Waals surface area contributed by atoms with Gasteiger partial charge in [-0.05, 0) is 29.4 Å². The van der Waals surface area contributed by atoms with E-state index in [0.29, 0.717) is 10.9 Å². The molecule has 0 atom stereocenters. The lowest BCUT2D eigenvalue weighted by molar-refractivity contribution is 0.477. The van der Waals surface area contributed by atoms with E-state index >= 15 is 0 Å². The van der Waals surface area contributed by atoms with E-state index in [1.807, 2.05) is 0 Å². The standard InChI is InChI=1S/C9H6N2O2/c12-8-4-3-7-6(9(8)11-13)2-1-5-10-7/h1-5,12H. The molecule has 0 saturated carbocycles. The molecule has 1 heterocycles. The number of nitroso groups, excluding NO2 is 1. The molecule has 0 fully saturated rings. The fourth-order valence-electron chi connectivity index (χ4n) is 1.22. The molecule has 1 aromatic carbocycles. The topological polar surface area (TPSA) is 62.5 Å². The second kappa shape index (κ2) is 2.82. The van der Waals surface area contributed by atoms with E-state index in [0.717, 1.165) is 0 Å². The summed E-state index contributed by atoms with van der Waals surface area (Å²) in [5.41, 5.74) is 0.695. The molecule has 0 bridgehead atoms. The third-order valence-electron chi connectivity index (χ3n) is 1.83. The Morgan fingerprint density at radius 2 is 2.15 bits per heavy atom. The first-order valence-electron chi connectivity index (χ1n) is 3.73. The molecule has 1 aromatic heterocycles. The number of benzene rings is 1. The molecule has 64 valence electrons. The minimum Gasteiger partial charge on any atom is -0.506 e. The molecule has 0 saturated heterocycles. The lowest BCUT2D eigenvalue weighted by Gasteiger charge is -1.99. The van der Waals surface area contributed by atoms with E-state index in [9.17, 15) is 10.0 Å². The summed E-state index contributed by atoms with van der Waals surface area (Å²) in [6.07, 6.45) is 1.62. The fraction of sp³-hybridized carbons (Fsp3) is 0. The van der Waals surface area contributed by atoms with Crippen LogP contribution in [0.15, 0.2) is 35.6 Å². The largest absolute Gasteiger partial charge is 0.506 e. The van der Waals surface area contributed by atoms with Crippen LogP contribution in [0, 0.1) is 4.91 Å². The van der Waals surface area contributed by atoms with Crippen LogP contribution in [-0.4, -0.2) is 10.1 Å². The Morgan fingerprint density at radius 3 is 2.92 bits per heavy atom. The van der Waals surface area contributed by atoms with Crippen molar-refractivity contribution < 1.29 is 5.11 Å². The molecule has 0 aliphatic carbocycles. The van der Waals surface area contributed by atoms with Crippen molar-refractivity contribution in [1.82, 2.24) is 4.98 Å². The van der Waals surface area contributed by atoms with E-state index in [2.05, 4.69) is 10.2 Å². The van der Waals surface area contributed by atoms with Crippen LogP contribution in [-0.2, 0) is 0 Å². The quantitative estimate of drug-likeness (QED) is 0.675. The number of rotatable bonds is 1. The minimum absolute atomic E-state index is 0.0469. The third kappa shape index (κ3) is 1.12. The van der Waals surface area contributed by atoms with Gasteiger partial charge in [0.15, 0.2) is 5.69 Å². The van der Waals surface area contributed by atoms with Gasteiger partial charge in [0.2, 0.25) is 0 Å². The molecular weight excluding hydrogens is 168 g/mol. The van der Waals surface area contributed by atoms with Crippen molar-refractivity contribution >= 4 is 16.6 Å². The molecule has 0 amide bonds. The van der Waals surface area contributed by atoms with Crippen LogP contribution in [0.4, 0.5) is 5.69 Å². The molecule has 4 nitrogen and oxygen atoms in total.